The first-order chi connectivity index (χ1) is 12.6. The molecule has 1 aromatic carbocycles. The van der Waals surface area contributed by atoms with Gasteiger partial charge in [0.15, 0.2) is 0 Å². The molecule has 2 N–H and O–H groups in total. The zero-order valence-electron chi connectivity index (χ0n) is 15.4. The van der Waals surface area contributed by atoms with Gasteiger partial charge in [-0.25, -0.2) is 9.86 Å². The van der Waals surface area contributed by atoms with Crippen LogP contribution in [0.15, 0.2) is 46.3 Å². The first-order valence-electron chi connectivity index (χ1n) is 8.40. The van der Waals surface area contributed by atoms with Gasteiger partial charge in [-0.1, -0.05) is 30.3 Å². The monoisotopic (exact) mass is 454 g/mol. The largest absolute Gasteiger partial charge is 0.465 e. The number of carbonyl (C=O) groups is 2. The van der Waals surface area contributed by atoms with Gasteiger partial charge in [0.05, 0.1) is 10.9 Å². The summed E-state index contributed by atoms with van der Waals surface area (Å²) in [6.07, 6.45) is -0.768. The van der Waals surface area contributed by atoms with Crippen LogP contribution in [0.3, 0.4) is 0 Å². The zero-order valence-corrected chi connectivity index (χ0v) is 17.8. The van der Waals surface area contributed by atoms with Crippen LogP contribution in [-0.4, -0.2) is 50.4 Å². The third kappa shape index (κ3) is 5.79. The van der Waals surface area contributed by atoms with Crippen molar-refractivity contribution in [1.29, 1.82) is 0 Å². The quantitative estimate of drug-likeness (QED) is 0.488. The topological polar surface area (TPSA) is 81.1 Å². The number of carboxylic acid groups (broad SMARTS) is 1. The number of hydroxylamine groups is 2. The lowest BCUT2D eigenvalue weighted by Gasteiger charge is -2.37. The summed E-state index contributed by atoms with van der Waals surface area (Å²) in [5.74, 6) is -0.550. The second kappa shape index (κ2) is 8.86. The number of amides is 2. The van der Waals surface area contributed by atoms with Crippen molar-refractivity contribution in [2.24, 2.45) is 0 Å². The Morgan fingerprint density at radius 2 is 1.85 bits per heavy atom. The number of rotatable bonds is 6. The van der Waals surface area contributed by atoms with E-state index in [0.717, 1.165) is 10.0 Å². The fourth-order valence-electron chi connectivity index (χ4n) is 2.67. The minimum Gasteiger partial charge on any atom is -0.465 e. The Hall–Kier alpha value is -1.90. The predicted molar refractivity (Wildman–Crippen MR) is 108 cm³/mol. The molecular formula is C19H23BrN2O4S. The van der Waals surface area contributed by atoms with Crippen molar-refractivity contribution in [3.63, 3.8) is 0 Å². The van der Waals surface area contributed by atoms with Crippen molar-refractivity contribution in [2.45, 2.75) is 38.8 Å². The maximum Gasteiger partial charge on any atom is 0.407 e. The lowest BCUT2D eigenvalue weighted by Crippen LogP contribution is -2.53. The van der Waals surface area contributed by atoms with Crippen LogP contribution in [0, 0.1) is 0 Å². The van der Waals surface area contributed by atoms with E-state index in [9.17, 15) is 19.9 Å². The Labute approximate surface area is 171 Å². The maximum atomic E-state index is 12.7. The lowest BCUT2D eigenvalue weighted by atomic mass is 10.0. The van der Waals surface area contributed by atoms with Crippen LogP contribution < -0.4 is 0 Å². The molecule has 8 heteroatoms. The van der Waals surface area contributed by atoms with Crippen molar-refractivity contribution < 1.29 is 19.9 Å². The van der Waals surface area contributed by atoms with E-state index in [2.05, 4.69) is 15.9 Å². The number of benzene rings is 1. The average molecular weight is 455 g/mol. The van der Waals surface area contributed by atoms with E-state index in [4.69, 9.17) is 0 Å². The molecule has 1 heterocycles. The normalized spacial score (nSPS) is 12.5. The molecule has 2 amide bonds. The Bertz CT molecular complexity index is 789. The summed E-state index contributed by atoms with van der Waals surface area (Å²) < 4.78 is 0.755. The summed E-state index contributed by atoms with van der Waals surface area (Å²) in [5, 5.41) is 22.7. The molecule has 0 radical (unpaired) electrons. The molecule has 0 aliphatic rings. The number of halogens is 1. The molecule has 2 aromatic rings. The number of nitrogens with zero attached hydrogens (tertiary/aromatic N) is 2. The van der Waals surface area contributed by atoms with Crippen LogP contribution >= 0.6 is 27.3 Å². The minimum atomic E-state index is -1.10. The third-order valence-electron chi connectivity index (χ3n) is 4.08. The van der Waals surface area contributed by atoms with Gasteiger partial charge in [-0.3, -0.25) is 10.0 Å². The lowest BCUT2D eigenvalue weighted by molar-refractivity contribution is -0.0965. The summed E-state index contributed by atoms with van der Waals surface area (Å²) in [7, 11) is 0. The molecule has 1 aromatic heterocycles. The van der Waals surface area contributed by atoms with Crippen molar-refractivity contribution in [2.75, 3.05) is 6.54 Å². The molecule has 27 heavy (non-hydrogen) atoms. The van der Waals surface area contributed by atoms with Gasteiger partial charge in [0.25, 0.3) is 5.91 Å². The molecule has 1 atom stereocenters. The van der Waals surface area contributed by atoms with E-state index < -0.39 is 23.6 Å². The van der Waals surface area contributed by atoms with Crippen molar-refractivity contribution in [3.8, 4) is 0 Å². The highest BCUT2D eigenvalue weighted by Gasteiger charge is 2.33. The number of thiophene rings is 1. The van der Waals surface area contributed by atoms with Gasteiger partial charge in [0, 0.05) is 21.9 Å². The predicted octanol–water partition coefficient (Wildman–Crippen LogP) is 4.73. The highest BCUT2D eigenvalue weighted by Crippen LogP contribution is 2.23. The van der Waals surface area contributed by atoms with E-state index in [1.165, 1.54) is 16.2 Å². The Morgan fingerprint density at radius 3 is 2.33 bits per heavy atom. The van der Waals surface area contributed by atoms with Gasteiger partial charge >= 0.3 is 6.09 Å². The summed E-state index contributed by atoms with van der Waals surface area (Å²) >= 11 is 4.51. The fourth-order valence-corrected chi connectivity index (χ4v) is 4.03. The SMILES string of the molecule is CC(C)(C)N(CC(Cc1ccccc1)N(O)C(=O)c1cc(Br)cs1)C(=O)O. The van der Waals surface area contributed by atoms with Crippen molar-refractivity contribution >= 4 is 39.3 Å². The van der Waals surface area contributed by atoms with Crippen molar-refractivity contribution in [1.82, 2.24) is 9.96 Å². The molecule has 0 spiro atoms. The highest BCUT2D eigenvalue weighted by molar-refractivity contribution is 9.10. The van der Waals surface area contributed by atoms with Crippen LogP contribution in [0.2, 0.25) is 0 Å². The fraction of sp³-hybridized carbons (Fsp3) is 0.368. The molecule has 2 rings (SSSR count). The maximum absolute atomic E-state index is 12.7. The Morgan fingerprint density at radius 1 is 1.22 bits per heavy atom. The average Bonchev–Trinajstić information content (AvgIpc) is 3.03. The van der Waals surface area contributed by atoms with E-state index in [0.29, 0.717) is 16.4 Å². The number of hydrogen-bond acceptors (Lipinski definition) is 4. The van der Waals surface area contributed by atoms with Gasteiger partial charge in [-0.2, -0.15) is 0 Å². The zero-order chi connectivity index (χ0) is 20.2. The molecule has 0 saturated heterocycles. The van der Waals surface area contributed by atoms with E-state index >= 15 is 0 Å². The number of hydrogen-bond donors (Lipinski definition) is 2. The molecule has 0 fully saturated rings. The van der Waals surface area contributed by atoms with E-state index in [1.54, 1.807) is 32.2 Å². The second-order valence-electron chi connectivity index (χ2n) is 7.19. The van der Waals surface area contributed by atoms with Gasteiger partial charge in [-0.05, 0) is 54.8 Å². The van der Waals surface area contributed by atoms with E-state index in [-0.39, 0.29) is 6.54 Å². The number of carbonyl (C=O) groups excluding carboxylic acids is 1. The molecule has 0 saturated carbocycles. The van der Waals surface area contributed by atoms with Gasteiger partial charge < -0.3 is 10.0 Å². The summed E-state index contributed by atoms with van der Waals surface area (Å²) in [6.45, 7) is 5.32. The Balaban J connectivity index is 2.30. The highest BCUT2D eigenvalue weighted by atomic mass is 79.9. The molecule has 0 aliphatic heterocycles. The minimum absolute atomic E-state index is 0.0114. The standard InChI is InChI=1S/C19H23BrN2O4S/c1-19(2,3)21(18(24)25)11-15(9-13-7-5-4-6-8-13)22(26)17(23)16-10-14(20)12-27-16/h4-8,10,12,15,26H,9,11H2,1-3H3,(H,24,25). The molecule has 1 unspecified atom stereocenters. The van der Waals surface area contributed by atoms with Crippen LogP contribution in [0.4, 0.5) is 4.79 Å². The molecule has 0 aliphatic carbocycles. The molecule has 6 nitrogen and oxygen atoms in total. The second-order valence-corrected chi connectivity index (χ2v) is 9.01. The Kier molecular flexibility index (Phi) is 7.02. The molecular weight excluding hydrogens is 432 g/mol. The van der Waals surface area contributed by atoms with Crippen LogP contribution in [0.25, 0.3) is 0 Å². The van der Waals surface area contributed by atoms with Gasteiger partial charge in [-0.15, -0.1) is 11.3 Å². The first-order valence-corrected chi connectivity index (χ1v) is 10.1. The van der Waals surface area contributed by atoms with Crippen LogP contribution in [0.1, 0.15) is 36.0 Å². The van der Waals surface area contributed by atoms with Gasteiger partial charge in [0.1, 0.15) is 0 Å². The molecule has 146 valence electrons. The van der Waals surface area contributed by atoms with Crippen molar-refractivity contribution in [3.05, 3.63) is 56.7 Å². The first kappa shape index (κ1) is 21.4. The van der Waals surface area contributed by atoms with Gasteiger partial charge in [0.2, 0.25) is 0 Å². The summed E-state index contributed by atoms with van der Waals surface area (Å²) in [5.41, 5.74) is 0.234. The van der Waals surface area contributed by atoms with E-state index in [1.807, 2.05) is 30.3 Å². The summed E-state index contributed by atoms with van der Waals surface area (Å²) in [4.78, 5) is 26.0. The van der Waals surface area contributed by atoms with Crippen LogP contribution in [-0.2, 0) is 6.42 Å². The summed E-state index contributed by atoms with van der Waals surface area (Å²) in [6, 6.07) is 10.3. The smallest absolute Gasteiger partial charge is 0.407 e. The third-order valence-corrected chi connectivity index (χ3v) is 5.76. The van der Waals surface area contributed by atoms with Crippen LogP contribution in [0.5, 0.6) is 0 Å². The molecule has 0 bridgehead atoms.